The van der Waals surface area contributed by atoms with Crippen LogP contribution in [0.4, 0.5) is 0 Å². The van der Waals surface area contributed by atoms with Crippen LogP contribution in [0.5, 0.6) is 0 Å². The van der Waals surface area contributed by atoms with Crippen molar-refractivity contribution in [2.75, 3.05) is 26.2 Å². The minimum absolute atomic E-state index is 0.0274. The van der Waals surface area contributed by atoms with Gasteiger partial charge < -0.3 is 9.64 Å². The topological polar surface area (TPSA) is 66.9 Å². The second-order valence-electron chi connectivity index (χ2n) is 8.22. The molecule has 0 saturated carbocycles. The van der Waals surface area contributed by atoms with E-state index in [9.17, 15) is 13.2 Å². The van der Waals surface area contributed by atoms with Gasteiger partial charge in [-0.05, 0) is 57.9 Å². The highest BCUT2D eigenvalue weighted by molar-refractivity contribution is 7.89. The Bertz CT molecular complexity index is 766. The van der Waals surface area contributed by atoms with E-state index in [1.807, 2.05) is 20.8 Å². The summed E-state index contributed by atoms with van der Waals surface area (Å²) in [6, 6.07) is 6.37. The molecule has 2 aliphatic heterocycles. The molecule has 0 spiro atoms. The maximum Gasteiger partial charge on any atom is 0.254 e. The highest BCUT2D eigenvalue weighted by Gasteiger charge is 2.34. The molecule has 1 unspecified atom stereocenters. The molecule has 2 aliphatic rings. The first-order valence-corrected chi connectivity index (χ1v) is 11.2. The van der Waals surface area contributed by atoms with Gasteiger partial charge in [-0.1, -0.05) is 12.8 Å². The van der Waals surface area contributed by atoms with Crippen LogP contribution in [0.25, 0.3) is 0 Å². The highest BCUT2D eigenvalue weighted by atomic mass is 32.2. The number of benzene rings is 1. The van der Waals surface area contributed by atoms with Gasteiger partial charge in [0.2, 0.25) is 10.0 Å². The third-order valence-electron chi connectivity index (χ3n) is 5.16. The van der Waals surface area contributed by atoms with E-state index in [2.05, 4.69) is 0 Å². The minimum Gasteiger partial charge on any atom is -0.369 e. The Labute approximate surface area is 162 Å². The summed E-state index contributed by atoms with van der Waals surface area (Å²) in [5.41, 5.74) is 0.123. The molecule has 0 aromatic heterocycles. The molecular weight excluding hydrogens is 364 g/mol. The lowest BCUT2D eigenvalue weighted by atomic mass is 10.0. The molecule has 3 rings (SSSR count). The molecular formula is C20H30N2O4S. The molecule has 1 aromatic carbocycles. The SMILES string of the molecule is CC1CN(C(=O)c2ccc(S(=O)(=O)N3CCCCCC3)cc2)CC(C)(C)O1. The van der Waals surface area contributed by atoms with Gasteiger partial charge in [-0.2, -0.15) is 4.31 Å². The van der Waals surface area contributed by atoms with Crippen molar-refractivity contribution in [2.45, 2.75) is 63.1 Å². The number of morpholine rings is 1. The standard InChI is InChI=1S/C20H30N2O4S/c1-16-14-21(15-20(2,3)26-16)19(23)17-8-10-18(11-9-17)27(24,25)22-12-6-4-5-7-13-22/h8-11,16H,4-7,12-15H2,1-3H3. The fourth-order valence-corrected chi connectivity index (χ4v) is 5.51. The summed E-state index contributed by atoms with van der Waals surface area (Å²) in [4.78, 5) is 14.9. The highest BCUT2D eigenvalue weighted by Crippen LogP contribution is 2.24. The van der Waals surface area contributed by atoms with Crippen LogP contribution in [0, 0.1) is 0 Å². The maximum absolute atomic E-state index is 12.9. The first-order valence-electron chi connectivity index (χ1n) is 9.76. The van der Waals surface area contributed by atoms with Crippen molar-refractivity contribution in [3.05, 3.63) is 29.8 Å². The molecule has 2 fully saturated rings. The van der Waals surface area contributed by atoms with Gasteiger partial charge in [0.25, 0.3) is 5.91 Å². The largest absolute Gasteiger partial charge is 0.369 e. The van der Waals surface area contributed by atoms with Crippen LogP contribution >= 0.6 is 0 Å². The summed E-state index contributed by atoms with van der Waals surface area (Å²) >= 11 is 0. The zero-order chi connectivity index (χ0) is 19.7. The normalized spacial score (nSPS) is 24.4. The molecule has 2 heterocycles. The number of carbonyl (C=O) groups is 1. The minimum atomic E-state index is -3.49. The molecule has 7 heteroatoms. The van der Waals surface area contributed by atoms with Crippen LogP contribution in [0.2, 0.25) is 0 Å². The van der Waals surface area contributed by atoms with E-state index in [0.29, 0.717) is 31.7 Å². The van der Waals surface area contributed by atoms with Crippen molar-refractivity contribution in [3.8, 4) is 0 Å². The van der Waals surface area contributed by atoms with Crippen molar-refractivity contribution in [1.29, 1.82) is 0 Å². The molecule has 1 amide bonds. The average molecular weight is 395 g/mol. The smallest absolute Gasteiger partial charge is 0.254 e. The number of amides is 1. The number of hydrogen-bond donors (Lipinski definition) is 0. The second kappa shape index (κ2) is 7.89. The summed E-state index contributed by atoms with van der Waals surface area (Å²) in [7, 11) is -3.49. The van der Waals surface area contributed by atoms with Crippen LogP contribution in [0.3, 0.4) is 0 Å². The molecule has 27 heavy (non-hydrogen) atoms. The van der Waals surface area contributed by atoms with Crippen molar-refractivity contribution in [3.63, 3.8) is 0 Å². The number of carbonyl (C=O) groups excluding carboxylic acids is 1. The van der Waals surface area contributed by atoms with Gasteiger partial charge in [-0.3, -0.25) is 4.79 Å². The zero-order valence-electron chi connectivity index (χ0n) is 16.5. The molecule has 0 aliphatic carbocycles. The summed E-state index contributed by atoms with van der Waals surface area (Å²) < 4.78 is 33.2. The van der Waals surface area contributed by atoms with E-state index in [0.717, 1.165) is 25.7 Å². The van der Waals surface area contributed by atoms with Crippen LogP contribution in [-0.4, -0.2) is 61.4 Å². The predicted molar refractivity (Wildman–Crippen MR) is 104 cm³/mol. The van der Waals surface area contributed by atoms with E-state index in [1.165, 1.54) is 0 Å². The number of sulfonamides is 1. The molecule has 1 atom stereocenters. The van der Waals surface area contributed by atoms with Gasteiger partial charge in [0.15, 0.2) is 0 Å². The van der Waals surface area contributed by atoms with E-state index in [-0.39, 0.29) is 22.5 Å². The average Bonchev–Trinajstić information content (AvgIpc) is 2.89. The lowest BCUT2D eigenvalue weighted by Crippen LogP contribution is -2.53. The van der Waals surface area contributed by atoms with Crippen molar-refractivity contribution < 1.29 is 17.9 Å². The maximum atomic E-state index is 12.9. The third kappa shape index (κ3) is 4.70. The first-order chi connectivity index (χ1) is 12.7. The van der Waals surface area contributed by atoms with Crippen molar-refractivity contribution in [2.24, 2.45) is 0 Å². The van der Waals surface area contributed by atoms with Crippen LogP contribution in [-0.2, 0) is 14.8 Å². The number of ether oxygens (including phenoxy) is 1. The Morgan fingerprint density at radius 1 is 1.07 bits per heavy atom. The number of nitrogens with zero attached hydrogens (tertiary/aromatic N) is 2. The van der Waals surface area contributed by atoms with Crippen LogP contribution in [0.1, 0.15) is 56.8 Å². The number of hydrogen-bond acceptors (Lipinski definition) is 4. The third-order valence-corrected chi connectivity index (χ3v) is 7.07. The van der Waals surface area contributed by atoms with Gasteiger partial charge >= 0.3 is 0 Å². The predicted octanol–water partition coefficient (Wildman–Crippen LogP) is 2.89. The quantitative estimate of drug-likeness (QED) is 0.791. The van der Waals surface area contributed by atoms with E-state index >= 15 is 0 Å². The van der Waals surface area contributed by atoms with E-state index in [1.54, 1.807) is 33.5 Å². The summed E-state index contributed by atoms with van der Waals surface area (Å²) in [6.07, 6.45) is 3.93. The number of rotatable bonds is 3. The summed E-state index contributed by atoms with van der Waals surface area (Å²) in [6.45, 7) is 8.10. The fraction of sp³-hybridized carbons (Fsp3) is 0.650. The second-order valence-corrected chi connectivity index (χ2v) is 10.2. The Hall–Kier alpha value is -1.44. The Morgan fingerprint density at radius 2 is 1.67 bits per heavy atom. The van der Waals surface area contributed by atoms with Gasteiger partial charge in [-0.15, -0.1) is 0 Å². The molecule has 6 nitrogen and oxygen atoms in total. The monoisotopic (exact) mass is 394 g/mol. The van der Waals surface area contributed by atoms with Gasteiger partial charge in [-0.25, -0.2) is 8.42 Å². The van der Waals surface area contributed by atoms with Gasteiger partial charge in [0, 0.05) is 31.7 Å². The molecule has 0 N–H and O–H groups in total. The molecule has 2 saturated heterocycles. The summed E-state index contributed by atoms with van der Waals surface area (Å²) in [5, 5.41) is 0. The van der Waals surface area contributed by atoms with Gasteiger partial charge in [0.1, 0.15) is 0 Å². The van der Waals surface area contributed by atoms with Gasteiger partial charge in [0.05, 0.1) is 16.6 Å². The lowest BCUT2D eigenvalue weighted by Gasteiger charge is -2.41. The van der Waals surface area contributed by atoms with E-state index in [4.69, 9.17) is 4.74 Å². The van der Waals surface area contributed by atoms with E-state index < -0.39 is 10.0 Å². The first kappa shape index (κ1) is 20.3. The Balaban J connectivity index is 1.75. The van der Waals surface area contributed by atoms with Crippen molar-refractivity contribution in [1.82, 2.24) is 9.21 Å². The molecule has 1 aromatic rings. The molecule has 0 radical (unpaired) electrons. The van der Waals surface area contributed by atoms with Crippen LogP contribution < -0.4 is 0 Å². The zero-order valence-corrected chi connectivity index (χ0v) is 17.3. The molecule has 150 valence electrons. The summed E-state index contributed by atoms with van der Waals surface area (Å²) in [5.74, 6) is -0.0862. The fourth-order valence-electron chi connectivity index (χ4n) is 3.99. The van der Waals surface area contributed by atoms with Crippen LogP contribution in [0.15, 0.2) is 29.2 Å². The lowest BCUT2D eigenvalue weighted by molar-refractivity contribution is -0.118. The Kier molecular flexibility index (Phi) is 5.93. The molecule has 0 bridgehead atoms. The Morgan fingerprint density at radius 3 is 2.22 bits per heavy atom. The van der Waals surface area contributed by atoms with Crippen molar-refractivity contribution >= 4 is 15.9 Å².